The van der Waals surface area contributed by atoms with E-state index in [2.05, 4.69) is 58.7 Å². The molecule has 148 valence electrons. The molecule has 0 aliphatic carbocycles. The largest absolute Gasteiger partial charge is 0.492 e. The van der Waals surface area contributed by atoms with Crippen LogP contribution in [0.1, 0.15) is 17.4 Å². The lowest BCUT2D eigenvalue weighted by atomic mass is 10.2. The van der Waals surface area contributed by atoms with Crippen molar-refractivity contribution in [2.75, 3.05) is 47.4 Å². The van der Waals surface area contributed by atoms with Gasteiger partial charge in [-0.15, -0.1) is 11.3 Å². The Kier molecular flexibility index (Phi) is 9.15. The van der Waals surface area contributed by atoms with Crippen molar-refractivity contribution in [1.29, 1.82) is 0 Å². The van der Waals surface area contributed by atoms with E-state index in [-0.39, 0.29) is 0 Å². The number of hydrogen-bond acceptors (Lipinski definition) is 4. The lowest BCUT2D eigenvalue weighted by Gasteiger charge is -2.21. The Morgan fingerprint density at radius 3 is 2.70 bits per heavy atom. The molecule has 2 aromatic rings. The summed E-state index contributed by atoms with van der Waals surface area (Å²) < 4.78 is 5.82. The first-order valence-electron chi connectivity index (χ1n) is 9.46. The Bertz CT molecular complexity index is 685. The smallest absolute Gasteiger partial charge is 0.193 e. The molecule has 5 nitrogen and oxygen atoms in total. The highest BCUT2D eigenvalue weighted by Gasteiger charge is 2.06. The fourth-order valence-electron chi connectivity index (χ4n) is 2.55. The number of likely N-dealkylation sites (N-methyl/N-ethyl adjacent to an activating group) is 2. The second-order valence-corrected chi connectivity index (χ2v) is 7.75. The summed E-state index contributed by atoms with van der Waals surface area (Å²) in [4.78, 5) is 10.5. The number of thiophene rings is 1. The first-order valence-corrected chi connectivity index (χ1v) is 10.3. The zero-order chi connectivity index (χ0) is 19.5. The quantitative estimate of drug-likeness (QED) is 0.501. The van der Waals surface area contributed by atoms with Crippen LogP contribution in [0.4, 0.5) is 0 Å². The third-order valence-corrected chi connectivity index (χ3v) is 5.02. The Labute approximate surface area is 167 Å². The molecule has 0 fully saturated rings. The molecule has 1 aromatic heterocycles. The van der Waals surface area contributed by atoms with Gasteiger partial charge in [-0.3, -0.25) is 0 Å². The molecule has 0 saturated carbocycles. The summed E-state index contributed by atoms with van der Waals surface area (Å²) in [5.41, 5.74) is 1.15. The minimum Gasteiger partial charge on any atom is -0.492 e. The molecule has 27 heavy (non-hydrogen) atoms. The average molecular weight is 389 g/mol. The van der Waals surface area contributed by atoms with Gasteiger partial charge < -0.3 is 19.9 Å². The molecule has 0 amide bonds. The van der Waals surface area contributed by atoms with Crippen LogP contribution in [0, 0.1) is 0 Å². The standard InChI is InChI=1S/C21H32N4OS/c1-5-22-21(25(4)12-11-20-10-7-15-27-20)23-17-18-8-6-9-19(16-18)26-14-13-24(2)3/h6-10,15-16H,5,11-14,17H2,1-4H3,(H,22,23). The van der Waals surface area contributed by atoms with Gasteiger partial charge in [-0.05, 0) is 56.6 Å². The van der Waals surface area contributed by atoms with Crippen molar-refractivity contribution in [3.05, 3.63) is 52.2 Å². The second kappa shape index (κ2) is 11.6. The Morgan fingerprint density at radius 2 is 2.00 bits per heavy atom. The topological polar surface area (TPSA) is 40.1 Å². The maximum absolute atomic E-state index is 5.82. The van der Waals surface area contributed by atoms with Gasteiger partial charge in [0.15, 0.2) is 5.96 Å². The average Bonchev–Trinajstić information content (AvgIpc) is 3.17. The molecular weight excluding hydrogens is 356 g/mol. The van der Waals surface area contributed by atoms with E-state index in [9.17, 15) is 0 Å². The molecular formula is C21H32N4OS. The second-order valence-electron chi connectivity index (χ2n) is 6.72. The predicted octanol–water partition coefficient (Wildman–Crippen LogP) is 3.33. The monoisotopic (exact) mass is 388 g/mol. The third-order valence-electron chi connectivity index (χ3n) is 4.09. The highest BCUT2D eigenvalue weighted by atomic mass is 32.1. The van der Waals surface area contributed by atoms with Crippen LogP contribution in [0.25, 0.3) is 0 Å². The van der Waals surface area contributed by atoms with Gasteiger partial charge in [-0.25, -0.2) is 4.99 Å². The normalized spacial score (nSPS) is 11.7. The van der Waals surface area contributed by atoms with Crippen LogP contribution in [-0.2, 0) is 13.0 Å². The van der Waals surface area contributed by atoms with Gasteiger partial charge >= 0.3 is 0 Å². The van der Waals surface area contributed by atoms with E-state index in [4.69, 9.17) is 9.73 Å². The van der Waals surface area contributed by atoms with Gasteiger partial charge in [0.1, 0.15) is 12.4 Å². The summed E-state index contributed by atoms with van der Waals surface area (Å²) in [6.07, 6.45) is 1.04. The first kappa shape index (κ1) is 21.3. The number of hydrogen-bond donors (Lipinski definition) is 1. The van der Waals surface area contributed by atoms with Gasteiger partial charge in [-0.2, -0.15) is 0 Å². The maximum atomic E-state index is 5.82. The molecule has 0 unspecified atom stereocenters. The van der Waals surface area contributed by atoms with E-state index in [0.717, 1.165) is 43.3 Å². The van der Waals surface area contributed by atoms with Gasteiger partial charge in [-0.1, -0.05) is 18.2 Å². The predicted molar refractivity (Wildman–Crippen MR) is 116 cm³/mol. The molecule has 1 aromatic carbocycles. The molecule has 0 saturated heterocycles. The lowest BCUT2D eigenvalue weighted by molar-refractivity contribution is 0.261. The minimum absolute atomic E-state index is 0.635. The van der Waals surface area contributed by atoms with Crippen LogP contribution in [0.2, 0.25) is 0 Å². The van der Waals surface area contributed by atoms with Crippen molar-refractivity contribution < 1.29 is 4.74 Å². The van der Waals surface area contributed by atoms with Crippen molar-refractivity contribution in [3.63, 3.8) is 0 Å². The Balaban J connectivity index is 1.92. The molecule has 1 heterocycles. The molecule has 0 atom stereocenters. The van der Waals surface area contributed by atoms with Crippen LogP contribution in [0.5, 0.6) is 5.75 Å². The molecule has 6 heteroatoms. The summed E-state index contributed by atoms with van der Waals surface area (Å²) in [6, 6.07) is 12.5. The lowest BCUT2D eigenvalue weighted by Crippen LogP contribution is -2.39. The van der Waals surface area contributed by atoms with E-state index in [1.165, 1.54) is 4.88 Å². The SMILES string of the molecule is CCNC(=NCc1cccc(OCCN(C)C)c1)N(C)CCc1cccs1. The fourth-order valence-corrected chi connectivity index (χ4v) is 3.25. The number of rotatable bonds is 10. The van der Waals surface area contributed by atoms with Crippen LogP contribution >= 0.6 is 11.3 Å². The number of guanidine groups is 1. The molecule has 0 bridgehead atoms. The summed E-state index contributed by atoms with van der Waals surface area (Å²) in [5.74, 6) is 1.84. The number of aliphatic imine (C=N–C) groups is 1. The highest BCUT2D eigenvalue weighted by molar-refractivity contribution is 7.09. The summed E-state index contributed by atoms with van der Waals surface area (Å²) >= 11 is 1.81. The summed E-state index contributed by atoms with van der Waals surface area (Å²) in [5, 5.41) is 5.51. The number of benzene rings is 1. The fraction of sp³-hybridized carbons (Fsp3) is 0.476. The van der Waals surface area contributed by atoms with E-state index < -0.39 is 0 Å². The Hall–Kier alpha value is -2.05. The highest BCUT2D eigenvalue weighted by Crippen LogP contribution is 2.14. The van der Waals surface area contributed by atoms with Crippen molar-refractivity contribution in [2.24, 2.45) is 4.99 Å². The zero-order valence-electron chi connectivity index (χ0n) is 16.9. The maximum Gasteiger partial charge on any atom is 0.193 e. The molecule has 0 aliphatic rings. The van der Waals surface area contributed by atoms with Gasteiger partial charge in [0.05, 0.1) is 6.54 Å². The van der Waals surface area contributed by atoms with Crippen LogP contribution in [0.15, 0.2) is 46.8 Å². The molecule has 1 N–H and O–H groups in total. The van der Waals surface area contributed by atoms with Crippen molar-refractivity contribution in [2.45, 2.75) is 19.9 Å². The van der Waals surface area contributed by atoms with Crippen molar-refractivity contribution in [1.82, 2.24) is 15.1 Å². The third kappa shape index (κ3) is 8.01. The van der Waals surface area contributed by atoms with E-state index >= 15 is 0 Å². The van der Waals surface area contributed by atoms with E-state index in [1.807, 2.05) is 26.2 Å². The van der Waals surface area contributed by atoms with E-state index in [1.54, 1.807) is 11.3 Å². The van der Waals surface area contributed by atoms with Crippen LogP contribution < -0.4 is 10.1 Å². The minimum atomic E-state index is 0.635. The number of nitrogens with zero attached hydrogens (tertiary/aromatic N) is 3. The summed E-state index contributed by atoms with van der Waals surface area (Å²) in [6.45, 7) is 6.13. The number of nitrogens with one attached hydrogen (secondary N) is 1. The van der Waals surface area contributed by atoms with Gasteiger partial charge in [0.2, 0.25) is 0 Å². The van der Waals surface area contributed by atoms with Gasteiger partial charge in [0, 0.05) is 31.6 Å². The van der Waals surface area contributed by atoms with Crippen LogP contribution in [0.3, 0.4) is 0 Å². The molecule has 0 spiro atoms. The molecule has 0 aliphatic heterocycles. The van der Waals surface area contributed by atoms with E-state index in [0.29, 0.717) is 13.2 Å². The Morgan fingerprint density at radius 1 is 1.15 bits per heavy atom. The molecule has 2 rings (SSSR count). The molecule has 0 radical (unpaired) electrons. The summed E-state index contributed by atoms with van der Waals surface area (Å²) in [7, 11) is 6.19. The number of ether oxygens (including phenoxy) is 1. The van der Waals surface area contributed by atoms with Crippen LogP contribution in [-0.4, -0.2) is 63.1 Å². The first-order chi connectivity index (χ1) is 13.1. The van der Waals surface area contributed by atoms with Crippen molar-refractivity contribution >= 4 is 17.3 Å². The van der Waals surface area contributed by atoms with Gasteiger partial charge in [0.25, 0.3) is 0 Å². The zero-order valence-corrected chi connectivity index (χ0v) is 17.8. The van der Waals surface area contributed by atoms with Crippen molar-refractivity contribution in [3.8, 4) is 5.75 Å².